The van der Waals surface area contributed by atoms with Crippen LogP contribution in [0.2, 0.25) is 0 Å². The van der Waals surface area contributed by atoms with Crippen LogP contribution in [0.25, 0.3) is 44.2 Å². The molecule has 2 saturated heterocycles. The first-order chi connectivity index (χ1) is 25.7. The lowest BCUT2D eigenvalue weighted by Crippen LogP contribution is -2.46. The van der Waals surface area contributed by atoms with E-state index in [-0.39, 0.29) is 35.9 Å². The van der Waals surface area contributed by atoms with Gasteiger partial charge in [-0.25, -0.2) is 9.97 Å². The number of fused-ring (bicyclic) bond motifs is 2. The Morgan fingerprint density at radius 1 is 0.774 bits per heavy atom. The van der Waals surface area contributed by atoms with Crippen LogP contribution in [-0.2, 0) is 9.59 Å². The van der Waals surface area contributed by atoms with E-state index < -0.39 is 6.04 Å². The number of aromatic nitrogens is 4. The molecule has 0 aliphatic carbocycles. The van der Waals surface area contributed by atoms with Crippen molar-refractivity contribution in [3.63, 3.8) is 0 Å². The Balaban J connectivity index is 1.00. The highest BCUT2D eigenvalue weighted by molar-refractivity contribution is 5.92. The number of nitrogens with zero attached hydrogens (tertiary/aromatic N) is 5. The minimum atomic E-state index is -0.505. The summed E-state index contributed by atoms with van der Waals surface area (Å²) in [6.07, 6.45) is 5.53. The Hall–Kier alpha value is -5.32. The summed E-state index contributed by atoms with van der Waals surface area (Å²) in [5.41, 5.74) is 13.3. The second-order valence-corrected chi connectivity index (χ2v) is 15.2. The molecule has 0 bridgehead atoms. The van der Waals surface area contributed by atoms with Gasteiger partial charge in [-0.15, -0.1) is 0 Å². The van der Waals surface area contributed by atoms with Gasteiger partial charge in [0.15, 0.2) is 0 Å². The average Bonchev–Trinajstić information content (AvgIpc) is 4.00. The van der Waals surface area contributed by atoms with Gasteiger partial charge in [-0.1, -0.05) is 74.5 Å². The minimum Gasteiger partial charge on any atom is -0.340 e. The van der Waals surface area contributed by atoms with Crippen molar-refractivity contribution < 1.29 is 9.59 Å². The van der Waals surface area contributed by atoms with Gasteiger partial charge in [-0.3, -0.25) is 14.5 Å². The van der Waals surface area contributed by atoms with Crippen molar-refractivity contribution in [1.82, 2.24) is 34.6 Å². The summed E-state index contributed by atoms with van der Waals surface area (Å²) in [6, 6.07) is 28.3. The second-order valence-electron chi connectivity index (χ2n) is 15.2. The molecule has 2 amide bonds. The number of aromatic amines is 2. The van der Waals surface area contributed by atoms with E-state index in [0.717, 1.165) is 93.6 Å². The lowest BCUT2D eigenvalue weighted by atomic mass is 9.99. The molecule has 10 heteroatoms. The molecule has 272 valence electrons. The molecule has 4 N–H and O–H groups in total. The van der Waals surface area contributed by atoms with Crippen LogP contribution in [0.5, 0.6) is 0 Å². The number of carbonyl (C=O) groups is 2. The molecule has 0 radical (unpaired) electrons. The lowest BCUT2D eigenvalue weighted by Gasteiger charge is -2.31. The van der Waals surface area contributed by atoms with E-state index in [1.54, 1.807) is 0 Å². The van der Waals surface area contributed by atoms with Gasteiger partial charge < -0.3 is 25.5 Å². The molecule has 0 spiro atoms. The average molecular weight is 709 g/mol. The first-order valence-corrected chi connectivity index (χ1v) is 18.8. The molecule has 6 aromatic rings. The van der Waals surface area contributed by atoms with Crippen molar-refractivity contribution in [3.05, 3.63) is 108 Å². The lowest BCUT2D eigenvalue weighted by molar-refractivity contribution is -0.137. The summed E-state index contributed by atoms with van der Waals surface area (Å²) in [6.45, 7) is 5.40. The number of amides is 2. The van der Waals surface area contributed by atoms with Crippen molar-refractivity contribution in [2.24, 2.45) is 11.7 Å². The van der Waals surface area contributed by atoms with Gasteiger partial charge in [-0.2, -0.15) is 0 Å². The number of likely N-dealkylation sites (tertiary alicyclic amines) is 2. The molecule has 8 rings (SSSR count). The Morgan fingerprint density at radius 2 is 1.40 bits per heavy atom. The Labute approximate surface area is 310 Å². The SMILES string of the molecule is CC(C)[C@H](N)C(=O)N1CCC[C@H]1c1nc2ccc(-c3ccc4cc(-c5cnc([C@@H]6CCCN6C(=O)[C@@H](c6ccccc6)N(C)C)[nH]5)ccc4c3)cc2[nH]1. The Kier molecular flexibility index (Phi) is 9.34. The van der Waals surface area contributed by atoms with Gasteiger partial charge in [0.2, 0.25) is 11.8 Å². The van der Waals surface area contributed by atoms with Crippen LogP contribution in [0.4, 0.5) is 0 Å². The predicted octanol–water partition coefficient (Wildman–Crippen LogP) is 7.39. The first kappa shape index (κ1) is 34.7. The molecular formula is C43H48N8O2. The highest BCUT2D eigenvalue weighted by Crippen LogP contribution is 2.37. The number of nitrogens with two attached hydrogens (primary N) is 1. The van der Waals surface area contributed by atoms with Crippen molar-refractivity contribution in [3.8, 4) is 22.4 Å². The van der Waals surface area contributed by atoms with Crippen molar-refractivity contribution in [2.45, 2.75) is 63.7 Å². The number of hydrogen-bond acceptors (Lipinski definition) is 6. The maximum absolute atomic E-state index is 13.9. The van der Waals surface area contributed by atoms with Gasteiger partial charge in [0.25, 0.3) is 0 Å². The topological polar surface area (TPSA) is 127 Å². The monoisotopic (exact) mass is 708 g/mol. The van der Waals surface area contributed by atoms with E-state index in [2.05, 4.69) is 64.6 Å². The molecular weight excluding hydrogens is 661 g/mol. The van der Waals surface area contributed by atoms with Crippen LogP contribution in [0.1, 0.15) is 74.9 Å². The van der Waals surface area contributed by atoms with E-state index in [1.807, 2.05) is 79.2 Å². The van der Waals surface area contributed by atoms with Crippen LogP contribution in [0.3, 0.4) is 0 Å². The van der Waals surface area contributed by atoms with Gasteiger partial charge in [0.05, 0.1) is 41.0 Å². The molecule has 4 atom stereocenters. The van der Waals surface area contributed by atoms with Crippen LogP contribution in [-0.4, -0.2) is 79.7 Å². The summed E-state index contributed by atoms with van der Waals surface area (Å²) in [5.74, 6) is 1.84. The standard InChI is InChI=1S/C43H48N8O2/c1-26(2)38(44)42(52)50-20-9-13-37(50)41-46-33-19-18-31(24-34(33)47-41)29-14-15-30-23-32(17-16-28(30)22-29)35-25-45-40(48-35)36-12-8-21-51(36)43(53)39(49(3)4)27-10-6-5-7-11-27/h5-7,10-11,14-19,22-26,36-39H,8-9,12-13,20-21,44H2,1-4H3,(H,45,48)(H,46,47)/t36-,37-,38-,39+/m0/s1. The van der Waals surface area contributed by atoms with E-state index in [9.17, 15) is 9.59 Å². The van der Waals surface area contributed by atoms with Crippen LogP contribution < -0.4 is 5.73 Å². The summed E-state index contributed by atoms with van der Waals surface area (Å²) in [5, 5.41) is 2.27. The zero-order chi connectivity index (χ0) is 36.8. The highest BCUT2D eigenvalue weighted by Gasteiger charge is 2.37. The second kappa shape index (κ2) is 14.2. The summed E-state index contributed by atoms with van der Waals surface area (Å²) >= 11 is 0. The molecule has 0 unspecified atom stereocenters. The van der Waals surface area contributed by atoms with Crippen molar-refractivity contribution >= 4 is 33.6 Å². The summed E-state index contributed by atoms with van der Waals surface area (Å²) < 4.78 is 0. The number of benzene rings is 4. The molecule has 2 aliphatic heterocycles. The number of H-pyrrole nitrogens is 2. The third-order valence-corrected chi connectivity index (χ3v) is 11.2. The molecule has 0 saturated carbocycles. The fourth-order valence-electron chi connectivity index (χ4n) is 8.17. The third kappa shape index (κ3) is 6.62. The fourth-order valence-corrected chi connectivity index (χ4v) is 8.17. The third-order valence-electron chi connectivity index (χ3n) is 11.2. The summed E-state index contributed by atoms with van der Waals surface area (Å²) in [4.78, 5) is 49.8. The Bertz CT molecular complexity index is 2270. The van der Waals surface area contributed by atoms with Crippen LogP contribution in [0.15, 0.2) is 91.1 Å². The number of carbonyl (C=O) groups excluding carboxylic acids is 2. The van der Waals surface area contributed by atoms with Gasteiger partial charge in [0, 0.05) is 18.7 Å². The zero-order valence-corrected chi connectivity index (χ0v) is 30.9. The van der Waals surface area contributed by atoms with Gasteiger partial charge in [0.1, 0.15) is 17.7 Å². The first-order valence-electron chi connectivity index (χ1n) is 18.8. The maximum Gasteiger partial charge on any atom is 0.245 e. The number of rotatable bonds is 9. The maximum atomic E-state index is 13.9. The smallest absolute Gasteiger partial charge is 0.245 e. The normalized spacial score (nSPS) is 18.8. The number of likely N-dealkylation sites (N-methyl/N-ethyl adjacent to an activating group) is 1. The van der Waals surface area contributed by atoms with E-state index in [1.165, 1.54) is 0 Å². The Morgan fingerprint density at radius 3 is 2.09 bits per heavy atom. The molecule has 2 aliphatic rings. The van der Waals surface area contributed by atoms with E-state index in [0.29, 0.717) is 6.54 Å². The van der Waals surface area contributed by atoms with Crippen LogP contribution >= 0.6 is 0 Å². The van der Waals surface area contributed by atoms with Gasteiger partial charge in [-0.05, 0) is 97.4 Å². The molecule has 4 aromatic carbocycles. The quantitative estimate of drug-likeness (QED) is 0.144. The molecule has 2 aromatic heterocycles. The zero-order valence-electron chi connectivity index (χ0n) is 30.9. The molecule has 2 fully saturated rings. The molecule has 4 heterocycles. The molecule has 10 nitrogen and oxygen atoms in total. The van der Waals surface area contributed by atoms with Gasteiger partial charge >= 0.3 is 0 Å². The van der Waals surface area contributed by atoms with E-state index in [4.69, 9.17) is 15.7 Å². The largest absolute Gasteiger partial charge is 0.340 e. The highest BCUT2D eigenvalue weighted by atomic mass is 16.2. The minimum absolute atomic E-state index is 0.000664. The van der Waals surface area contributed by atoms with Crippen molar-refractivity contribution in [2.75, 3.05) is 27.2 Å². The van der Waals surface area contributed by atoms with E-state index >= 15 is 0 Å². The van der Waals surface area contributed by atoms with Crippen LogP contribution in [0, 0.1) is 5.92 Å². The summed E-state index contributed by atoms with van der Waals surface area (Å²) in [7, 11) is 3.92. The number of nitrogens with one attached hydrogen (secondary N) is 2. The molecule has 53 heavy (non-hydrogen) atoms. The number of imidazole rings is 2. The number of hydrogen-bond donors (Lipinski definition) is 3. The predicted molar refractivity (Wildman–Crippen MR) is 210 cm³/mol. The van der Waals surface area contributed by atoms with Crippen molar-refractivity contribution in [1.29, 1.82) is 0 Å². The fraction of sp³-hybridized carbons (Fsp3) is 0.349.